The molecule has 0 unspecified atom stereocenters. The molecule has 0 fully saturated rings. The van der Waals surface area contributed by atoms with Crippen molar-refractivity contribution >= 4 is 5.78 Å². The van der Waals surface area contributed by atoms with Gasteiger partial charge in [-0.25, -0.2) is 0 Å². The molecule has 76 valence electrons. The SMILES string of the molecule is C#Cc1ccccc1C(=O)c1ccccc1. The van der Waals surface area contributed by atoms with Crippen LogP contribution in [0.4, 0.5) is 0 Å². The predicted octanol–water partition coefficient (Wildman–Crippen LogP) is 2.90. The Morgan fingerprint density at radius 2 is 1.56 bits per heavy atom. The van der Waals surface area contributed by atoms with Crippen LogP contribution in [0.3, 0.4) is 0 Å². The van der Waals surface area contributed by atoms with Crippen molar-refractivity contribution in [1.82, 2.24) is 0 Å². The molecule has 16 heavy (non-hydrogen) atoms. The maximum absolute atomic E-state index is 12.1. The molecule has 2 aromatic carbocycles. The van der Waals surface area contributed by atoms with E-state index in [-0.39, 0.29) is 5.78 Å². The van der Waals surface area contributed by atoms with E-state index >= 15 is 0 Å². The van der Waals surface area contributed by atoms with Crippen LogP contribution in [-0.2, 0) is 0 Å². The zero-order chi connectivity index (χ0) is 11.4. The zero-order valence-corrected chi connectivity index (χ0v) is 8.68. The van der Waals surface area contributed by atoms with E-state index in [0.29, 0.717) is 16.7 Å². The smallest absolute Gasteiger partial charge is 0.194 e. The topological polar surface area (TPSA) is 17.1 Å². The van der Waals surface area contributed by atoms with E-state index in [2.05, 4.69) is 5.92 Å². The molecule has 1 heteroatoms. The van der Waals surface area contributed by atoms with Gasteiger partial charge in [0, 0.05) is 16.7 Å². The third kappa shape index (κ3) is 1.87. The van der Waals surface area contributed by atoms with E-state index in [4.69, 9.17) is 6.42 Å². The summed E-state index contributed by atoms with van der Waals surface area (Å²) in [5.74, 6) is 2.49. The highest BCUT2D eigenvalue weighted by Crippen LogP contribution is 2.13. The molecule has 1 nitrogen and oxygen atoms in total. The number of carbonyl (C=O) groups is 1. The lowest BCUT2D eigenvalue weighted by atomic mass is 9.99. The van der Waals surface area contributed by atoms with Crippen LogP contribution in [0.15, 0.2) is 54.6 Å². The Balaban J connectivity index is 2.47. The molecule has 0 N–H and O–H groups in total. The zero-order valence-electron chi connectivity index (χ0n) is 8.68. The largest absolute Gasteiger partial charge is 0.289 e. The van der Waals surface area contributed by atoms with Gasteiger partial charge in [0.25, 0.3) is 0 Å². The number of rotatable bonds is 2. The van der Waals surface area contributed by atoms with Crippen LogP contribution in [0.5, 0.6) is 0 Å². The first kappa shape index (κ1) is 10.2. The van der Waals surface area contributed by atoms with Gasteiger partial charge in [-0.2, -0.15) is 0 Å². The molecular formula is C15H10O. The van der Waals surface area contributed by atoms with Crippen LogP contribution in [0.25, 0.3) is 0 Å². The van der Waals surface area contributed by atoms with Crippen molar-refractivity contribution in [1.29, 1.82) is 0 Å². The minimum atomic E-state index is -0.0332. The highest BCUT2D eigenvalue weighted by atomic mass is 16.1. The Morgan fingerprint density at radius 3 is 2.25 bits per heavy atom. The fourth-order valence-electron chi connectivity index (χ4n) is 1.55. The third-order valence-electron chi connectivity index (χ3n) is 2.36. The molecule has 0 saturated heterocycles. The Hall–Kier alpha value is -2.33. The van der Waals surface area contributed by atoms with Gasteiger partial charge in [0.1, 0.15) is 0 Å². The summed E-state index contributed by atoms with van der Waals surface area (Å²) in [6.07, 6.45) is 5.36. The van der Waals surface area contributed by atoms with E-state index < -0.39 is 0 Å². The minimum absolute atomic E-state index is 0.0332. The van der Waals surface area contributed by atoms with Gasteiger partial charge in [0.2, 0.25) is 0 Å². The average molecular weight is 206 g/mol. The molecule has 0 heterocycles. The predicted molar refractivity (Wildman–Crippen MR) is 64.3 cm³/mol. The van der Waals surface area contributed by atoms with Crippen molar-refractivity contribution < 1.29 is 4.79 Å². The van der Waals surface area contributed by atoms with Gasteiger partial charge in [-0.05, 0) is 12.1 Å². The summed E-state index contributed by atoms with van der Waals surface area (Å²) in [7, 11) is 0. The van der Waals surface area contributed by atoms with Crippen LogP contribution >= 0.6 is 0 Å². The molecule has 0 spiro atoms. The first-order chi connectivity index (χ1) is 7.83. The Kier molecular flexibility index (Phi) is 2.84. The van der Waals surface area contributed by atoms with Crippen molar-refractivity contribution in [2.75, 3.05) is 0 Å². The molecular weight excluding hydrogens is 196 g/mol. The Bertz CT molecular complexity index is 547. The van der Waals surface area contributed by atoms with Crippen LogP contribution in [0.1, 0.15) is 21.5 Å². The molecule has 0 aliphatic carbocycles. The number of hydrogen-bond acceptors (Lipinski definition) is 1. The number of terminal acetylenes is 1. The molecule has 0 aromatic heterocycles. The summed E-state index contributed by atoms with van der Waals surface area (Å²) in [6, 6.07) is 16.3. The second-order valence-electron chi connectivity index (χ2n) is 3.39. The van der Waals surface area contributed by atoms with Gasteiger partial charge < -0.3 is 0 Å². The molecule has 0 atom stereocenters. The Labute approximate surface area is 94.7 Å². The van der Waals surface area contributed by atoms with E-state index in [9.17, 15) is 4.79 Å². The normalized spacial score (nSPS) is 9.44. The Morgan fingerprint density at radius 1 is 0.938 bits per heavy atom. The molecule has 2 rings (SSSR count). The molecule has 0 aliphatic rings. The lowest BCUT2D eigenvalue weighted by molar-refractivity contribution is 0.103. The first-order valence-electron chi connectivity index (χ1n) is 4.98. The van der Waals surface area contributed by atoms with Crippen LogP contribution in [0.2, 0.25) is 0 Å². The van der Waals surface area contributed by atoms with Gasteiger partial charge in [0.15, 0.2) is 5.78 Å². The molecule has 0 bridgehead atoms. The summed E-state index contributed by atoms with van der Waals surface area (Å²) in [5, 5.41) is 0. The van der Waals surface area contributed by atoms with Gasteiger partial charge >= 0.3 is 0 Å². The number of carbonyl (C=O) groups excluding carboxylic acids is 1. The fourth-order valence-corrected chi connectivity index (χ4v) is 1.55. The van der Waals surface area contributed by atoms with Gasteiger partial charge in [-0.1, -0.05) is 48.4 Å². The summed E-state index contributed by atoms with van der Waals surface area (Å²) in [5.41, 5.74) is 1.87. The first-order valence-corrected chi connectivity index (χ1v) is 4.98. The highest BCUT2D eigenvalue weighted by Gasteiger charge is 2.11. The molecule has 0 amide bonds. The van der Waals surface area contributed by atoms with Gasteiger partial charge in [0.05, 0.1) is 0 Å². The lowest BCUT2D eigenvalue weighted by Gasteiger charge is -2.03. The van der Waals surface area contributed by atoms with Crippen molar-refractivity contribution in [2.24, 2.45) is 0 Å². The fraction of sp³-hybridized carbons (Fsp3) is 0. The maximum Gasteiger partial charge on any atom is 0.194 e. The van der Waals surface area contributed by atoms with Crippen molar-refractivity contribution in [2.45, 2.75) is 0 Å². The molecule has 0 radical (unpaired) electrons. The monoisotopic (exact) mass is 206 g/mol. The molecule has 2 aromatic rings. The third-order valence-corrected chi connectivity index (χ3v) is 2.36. The molecule has 0 aliphatic heterocycles. The second kappa shape index (κ2) is 4.46. The van der Waals surface area contributed by atoms with E-state index in [0.717, 1.165) is 0 Å². The second-order valence-corrected chi connectivity index (χ2v) is 3.39. The summed E-state index contributed by atoms with van der Waals surface area (Å²) in [6.45, 7) is 0. The van der Waals surface area contributed by atoms with Crippen molar-refractivity contribution in [3.63, 3.8) is 0 Å². The standard InChI is InChI=1S/C15H10O/c1-2-12-8-6-7-11-14(12)15(16)13-9-4-3-5-10-13/h1,3-11H. The van der Waals surface area contributed by atoms with Crippen molar-refractivity contribution in [3.05, 3.63) is 71.3 Å². The number of ketones is 1. The number of hydrogen-bond donors (Lipinski definition) is 0. The minimum Gasteiger partial charge on any atom is -0.289 e. The van der Waals surface area contributed by atoms with Crippen LogP contribution in [-0.4, -0.2) is 5.78 Å². The summed E-state index contributed by atoms with van der Waals surface area (Å²) < 4.78 is 0. The van der Waals surface area contributed by atoms with E-state index in [1.54, 1.807) is 24.3 Å². The summed E-state index contributed by atoms with van der Waals surface area (Å²) in [4.78, 5) is 12.1. The van der Waals surface area contributed by atoms with E-state index in [1.165, 1.54) is 0 Å². The average Bonchev–Trinajstić information content (AvgIpc) is 2.39. The van der Waals surface area contributed by atoms with Crippen LogP contribution in [0, 0.1) is 12.3 Å². The van der Waals surface area contributed by atoms with Crippen molar-refractivity contribution in [3.8, 4) is 12.3 Å². The maximum atomic E-state index is 12.1. The van der Waals surface area contributed by atoms with E-state index in [1.807, 2.05) is 30.3 Å². The number of benzene rings is 2. The lowest BCUT2D eigenvalue weighted by Crippen LogP contribution is -2.03. The highest BCUT2D eigenvalue weighted by molar-refractivity contribution is 6.10. The molecule has 0 saturated carbocycles. The van der Waals surface area contributed by atoms with Gasteiger partial charge in [-0.3, -0.25) is 4.79 Å². The van der Waals surface area contributed by atoms with Gasteiger partial charge in [-0.15, -0.1) is 6.42 Å². The van der Waals surface area contributed by atoms with Crippen LogP contribution < -0.4 is 0 Å². The summed E-state index contributed by atoms with van der Waals surface area (Å²) >= 11 is 0. The quantitative estimate of drug-likeness (QED) is 0.545.